The maximum absolute atomic E-state index is 13.7. The van der Waals surface area contributed by atoms with Gasteiger partial charge in [0, 0.05) is 22.0 Å². The summed E-state index contributed by atoms with van der Waals surface area (Å²) in [5.41, 5.74) is 0.307. The van der Waals surface area contributed by atoms with Crippen LogP contribution in [0.1, 0.15) is 5.56 Å². The zero-order valence-corrected chi connectivity index (χ0v) is 26.5. The van der Waals surface area contributed by atoms with Gasteiger partial charge in [-0.15, -0.1) is 10.2 Å². The predicted molar refractivity (Wildman–Crippen MR) is 177 cm³/mol. The van der Waals surface area contributed by atoms with Crippen molar-refractivity contribution in [3.63, 3.8) is 0 Å². The van der Waals surface area contributed by atoms with E-state index in [1.807, 2.05) is 36.4 Å². The molecule has 0 fully saturated rings. The number of thioether (sulfide) groups is 1. The molecule has 47 heavy (non-hydrogen) atoms. The molecule has 1 aromatic heterocycles. The molecule has 0 unspecified atom stereocenters. The van der Waals surface area contributed by atoms with Gasteiger partial charge in [-0.25, -0.2) is 8.42 Å². The molecule has 5 aromatic carbocycles. The van der Waals surface area contributed by atoms with Crippen molar-refractivity contribution in [3.8, 4) is 17.1 Å². The minimum atomic E-state index is -4.63. The van der Waals surface area contributed by atoms with E-state index in [2.05, 4.69) is 20.2 Å². The Hall–Kier alpha value is -4.85. The summed E-state index contributed by atoms with van der Waals surface area (Å²) in [6, 6.07) is 29.6. The quantitative estimate of drug-likeness (QED) is 0.148. The van der Waals surface area contributed by atoms with E-state index >= 15 is 0 Å². The van der Waals surface area contributed by atoms with Crippen LogP contribution >= 0.6 is 23.4 Å². The first kappa shape index (κ1) is 32.1. The van der Waals surface area contributed by atoms with E-state index < -0.39 is 21.8 Å². The Labute approximate surface area is 276 Å². The van der Waals surface area contributed by atoms with Gasteiger partial charge in [-0.05, 0) is 77.5 Å². The molecule has 0 atom stereocenters. The smallest absolute Gasteiger partial charge is 0.325 e. The second-order valence-electron chi connectivity index (χ2n) is 10.2. The lowest BCUT2D eigenvalue weighted by atomic mass is 10.1. The topological polar surface area (TPSA) is 106 Å². The standard InChI is InChI=1S/C33H23ClF3N5O3S2/c34-25-12-15-26(16-13-25)41-47(44,45)29-10-3-7-23(18-29)31-39-40-32(42(31)28-9-4-8-24(19-28)33(35,36)37)46-20-30(43)38-27-14-11-21-5-1-2-6-22(21)17-27/h1-19,41H,20H2,(H,38,43). The molecule has 0 saturated carbocycles. The van der Waals surface area contributed by atoms with E-state index in [-0.39, 0.29) is 44.5 Å². The zero-order valence-electron chi connectivity index (χ0n) is 24.1. The molecule has 8 nitrogen and oxygen atoms in total. The van der Waals surface area contributed by atoms with Crippen molar-refractivity contribution in [2.75, 3.05) is 15.8 Å². The first-order valence-corrected chi connectivity index (χ1v) is 16.7. The average Bonchev–Trinajstić information content (AvgIpc) is 3.48. The number of hydrogen-bond donors (Lipinski definition) is 2. The Morgan fingerprint density at radius 3 is 2.30 bits per heavy atom. The molecule has 0 bridgehead atoms. The Balaban J connectivity index is 1.32. The van der Waals surface area contributed by atoms with Crippen molar-refractivity contribution in [2.24, 2.45) is 0 Å². The maximum Gasteiger partial charge on any atom is 0.416 e. The molecule has 0 saturated heterocycles. The van der Waals surface area contributed by atoms with E-state index in [4.69, 9.17) is 11.6 Å². The molecule has 1 heterocycles. The van der Waals surface area contributed by atoms with Crippen molar-refractivity contribution in [3.05, 3.63) is 126 Å². The van der Waals surface area contributed by atoms with E-state index in [0.717, 1.165) is 34.7 Å². The minimum Gasteiger partial charge on any atom is -0.325 e. The highest BCUT2D eigenvalue weighted by atomic mass is 35.5. The molecule has 238 valence electrons. The van der Waals surface area contributed by atoms with Crippen molar-refractivity contribution in [1.29, 1.82) is 0 Å². The summed E-state index contributed by atoms with van der Waals surface area (Å²) in [6.07, 6.45) is -4.63. The second-order valence-corrected chi connectivity index (χ2v) is 13.3. The molecule has 2 N–H and O–H groups in total. The SMILES string of the molecule is O=C(CSc1nnc(-c2cccc(S(=O)(=O)Nc3ccc(Cl)cc3)c2)n1-c1cccc(C(F)(F)F)c1)Nc1ccc2ccccc2c1. The van der Waals surface area contributed by atoms with Crippen LogP contribution in [0.4, 0.5) is 24.5 Å². The van der Waals surface area contributed by atoms with Gasteiger partial charge in [0.15, 0.2) is 11.0 Å². The largest absolute Gasteiger partial charge is 0.416 e. The molecular weight excluding hydrogens is 671 g/mol. The number of sulfonamides is 1. The summed E-state index contributed by atoms with van der Waals surface area (Å²) in [5.74, 6) is -0.430. The van der Waals surface area contributed by atoms with Gasteiger partial charge in [-0.2, -0.15) is 13.2 Å². The summed E-state index contributed by atoms with van der Waals surface area (Å²) in [6.45, 7) is 0. The molecule has 0 aliphatic carbocycles. The highest BCUT2D eigenvalue weighted by Gasteiger charge is 2.31. The number of hydrogen-bond acceptors (Lipinski definition) is 6. The number of nitrogens with zero attached hydrogens (tertiary/aromatic N) is 3. The third-order valence-electron chi connectivity index (χ3n) is 6.93. The van der Waals surface area contributed by atoms with Crippen LogP contribution in [0.3, 0.4) is 0 Å². The highest BCUT2D eigenvalue weighted by Crippen LogP contribution is 2.34. The van der Waals surface area contributed by atoms with Crippen LogP contribution in [0.5, 0.6) is 0 Å². The molecule has 0 spiro atoms. The number of nitrogens with one attached hydrogen (secondary N) is 2. The summed E-state index contributed by atoms with van der Waals surface area (Å²) in [7, 11) is -4.08. The fraction of sp³-hybridized carbons (Fsp3) is 0.0606. The number of halogens is 4. The minimum absolute atomic E-state index is 0.0739. The number of carbonyl (C=O) groups excluding carboxylic acids is 1. The van der Waals surface area contributed by atoms with Crippen molar-refractivity contribution < 1.29 is 26.4 Å². The van der Waals surface area contributed by atoms with Crippen LogP contribution in [-0.4, -0.2) is 34.8 Å². The Morgan fingerprint density at radius 2 is 1.53 bits per heavy atom. The Kier molecular flexibility index (Phi) is 8.95. The lowest BCUT2D eigenvalue weighted by molar-refractivity contribution is -0.137. The highest BCUT2D eigenvalue weighted by molar-refractivity contribution is 7.99. The molecular formula is C33H23ClF3N5O3S2. The number of carbonyl (C=O) groups is 1. The van der Waals surface area contributed by atoms with Gasteiger partial charge in [-0.3, -0.25) is 14.1 Å². The lowest BCUT2D eigenvalue weighted by Crippen LogP contribution is -2.14. The number of alkyl halides is 3. The van der Waals surface area contributed by atoms with Gasteiger partial charge < -0.3 is 5.32 Å². The van der Waals surface area contributed by atoms with E-state index in [1.165, 1.54) is 59.2 Å². The first-order chi connectivity index (χ1) is 22.5. The van der Waals surface area contributed by atoms with Gasteiger partial charge in [0.1, 0.15) is 0 Å². The van der Waals surface area contributed by atoms with Gasteiger partial charge in [0.05, 0.1) is 21.9 Å². The number of aromatic nitrogens is 3. The van der Waals surface area contributed by atoms with Crippen molar-refractivity contribution in [2.45, 2.75) is 16.2 Å². The van der Waals surface area contributed by atoms with Crippen LogP contribution in [0.15, 0.2) is 125 Å². The van der Waals surface area contributed by atoms with Crippen LogP contribution in [0, 0.1) is 0 Å². The molecule has 14 heteroatoms. The Morgan fingerprint density at radius 1 is 0.809 bits per heavy atom. The molecule has 0 aliphatic heterocycles. The number of fused-ring (bicyclic) bond motifs is 1. The van der Waals surface area contributed by atoms with E-state index in [1.54, 1.807) is 12.1 Å². The molecule has 1 amide bonds. The number of benzene rings is 5. The average molecular weight is 694 g/mol. The number of anilines is 2. The number of amides is 1. The normalized spacial score (nSPS) is 11.8. The van der Waals surface area contributed by atoms with Gasteiger partial charge in [-0.1, -0.05) is 71.9 Å². The molecule has 0 aliphatic rings. The lowest BCUT2D eigenvalue weighted by Gasteiger charge is -2.14. The monoisotopic (exact) mass is 693 g/mol. The van der Waals surface area contributed by atoms with Gasteiger partial charge >= 0.3 is 6.18 Å². The van der Waals surface area contributed by atoms with E-state index in [0.29, 0.717) is 10.7 Å². The second kappa shape index (κ2) is 13.1. The Bertz CT molecular complexity index is 2210. The summed E-state index contributed by atoms with van der Waals surface area (Å²) >= 11 is 6.88. The van der Waals surface area contributed by atoms with Crippen LogP contribution in [0.25, 0.3) is 27.8 Å². The third kappa shape index (κ3) is 7.43. The number of rotatable bonds is 9. The fourth-order valence-electron chi connectivity index (χ4n) is 4.73. The van der Waals surface area contributed by atoms with Gasteiger partial charge in [0.25, 0.3) is 10.0 Å². The van der Waals surface area contributed by atoms with Gasteiger partial charge in [0.2, 0.25) is 5.91 Å². The predicted octanol–water partition coefficient (Wildman–Crippen LogP) is 8.29. The zero-order chi connectivity index (χ0) is 33.2. The maximum atomic E-state index is 13.7. The van der Waals surface area contributed by atoms with Crippen molar-refractivity contribution >= 4 is 61.4 Å². The first-order valence-electron chi connectivity index (χ1n) is 13.9. The summed E-state index contributed by atoms with van der Waals surface area (Å²) < 4.78 is 71.4. The van der Waals surface area contributed by atoms with E-state index in [9.17, 15) is 26.4 Å². The van der Waals surface area contributed by atoms with Crippen LogP contribution in [0.2, 0.25) is 5.02 Å². The third-order valence-corrected chi connectivity index (χ3v) is 9.49. The van der Waals surface area contributed by atoms with Crippen LogP contribution in [-0.2, 0) is 21.0 Å². The van der Waals surface area contributed by atoms with Crippen LogP contribution < -0.4 is 10.0 Å². The van der Waals surface area contributed by atoms with Crippen molar-refractivity contribution in [1.82, 2.24) is 14.8 Å². The summed E-state index contributed by atoms with van der Waals surface area (Å²) in [4.78, 5) is 12.8. The molecule has 6 rings (SSSR count). The molecule has 6 aromatic rings. The summed E-state index contributed by atoms with van der Waals surface area (Å²) in [5, 5.41) is 13.8. The molecule has 0 radical (unpaired) electrons. The fourth-order valence-corrected chi connectivity index (χ4v) is 6.72.